The van der Waals surface area contributed by atoms with Crippen LogP contribution in [0, 0.1) is 11.8 Å². The topological polar surface area (TPSA) is 9.23 Å². The molecule has 1 aliphatic rings. The molecule has 2 heteroatoms. The van der Waals surface area contributed by atoms with E-state index in [1.807, 2.05) is 0 Å². The van der Waals surface area contributed by atoms with E-state index in [2.05, 4.69) is 33.4 Å². The van der Waals surface area contributed by atoms with Gasteiger partial charge in [0.05, 0.1) is 12.7 Å². The van der Waals surface area contributed by atoms with E-state index in [0.29, 0.717) is 11.4 Å². The predicted molar refractivity (Wildman–Crippen MR) is 55.8 cm³/mol. The Hall–Kier alpha value is 0.310. The van der Waals surface area contributed by atoms with Gasteiger partial charge in [0.25, 0.3) is 0 Å². The number of ether oxygens (including phenoxy) is 1. The molecule has 1 saturated heterocycles. The van der Waals surface area contributed by atoms with Crippen molar-refractivity contribution < 1.29 is 4.74 Å². The molecule has 1 fully saturated rings. The van der Waals surface area contributed by atoms with Crippen LogP contribution in [-0.4, -0.2) is 18.0 Å². The zero-order chi connectivity index (χ0) is 9.14. The van der Waals surface area contributed by atoms with Gasteiger partial charge in [-0.05, 0) is 24.7 Å². The van der Waals surface area contributed by atoms with Crippen molar-refractivity contribution in [3.63, 3.8) is 0 Å². The number of hydrogen-bond acceptors (Lipinski definition) is 2. The zero-order valence-electron chi connectivity index (χ0n) is 8.29. The van der Waals surface area contributed by atoms with Gasteiger partial charge in [0.1, 0.15) is 0 Å². The Balaban J connectivity index is 2.30. The van der Waals surface area contributed by atoms with Crippen molar-refractivity contribution in [2.75, 3.05) is 6.61 Å². The third-order valence-corrected chi connectivity index (χ3v) is 3.16. The SMILES string of the molecule is CC(C)C1CCC(C(C)S)OC1. The van der Waals surface area contributed by atoms with E-state index in [0.717, 1.165) is 18.4 Å². The molecule has 0 aromatic carbocycles. The lowest BCUT2D eigenvalue weighted by Crippen LogP contribution is -2.33. The largest absolute Gasteiger partial charge is 0.377 e. The second-order valence-corrected chi connectivity index (χ2v) is 5.01. The fourth-order valence-corrected chi connectivity index (χ4v) is 1.93. The molecule has 1 heterocycles. The number of hydrogen-bond donors (Lipinski definition) is 1. The first-order chi connectivity index (χ1) is 5.61. The normalized spacial score (nSPS) is 33.8. The first-order valence-corrected chi connectivity index (χ1v) is 5.42. The summed E-state index contributed by atoms with van der Waals surface area (Å²) in [5.74, 6) is 1.54. The predicted octanol–water partition coefficient (Wildman–Crippen LogP) is 2.76. The van der Waals surface area contributed by atoms with E-state index in [1.165, 1.54) is 12.8 Å². The van der Waals surface area contributed by atoms with Gasteiger partial charge in [-0.3, -0.25) is 0 Å². The van der Waals surface area contributed by atoms with Gasteiger partial charge in [-0.15, -0.1) is 0 Å². The molecule has 1 rings (SSSR count). The van der Waals surface area contributed by atoms with E-state index >= 15 is 0 Å². The van der Waals surface area contributed by atoms with Crippen molar-refractivity contribution in [3.05, 3.63) is 0 Å². The van der Waals surface area contributed by atoms with Gasteiger partial charge in [0, 0.05) is 5.25 Å². The number of thiol groups is 1. The summed E-state index contributed by atoms with van der Waals surface area (Å²) in [6, 6.07) is 0. The minimum Gasteiger partial charge on any atom is -0.377 e. The molecule has 1 nitrogen and oxygen atoms in total. The highest BCUT2D eigenvalue weighted by atomic mass is 32.1. The minimum absolute atomic E-state index is 0.387. The van der Waals surface area contributed by atoms with Crippen LogP contribution in [0.2, 0.25) is 0 Å². The number of rotatable bonds is 2. The van der Waals surface area contributed by atoms with Crippen molar-refractivity contribution >= 4 is 12.6 Å². The van der Waals surface area contributed by atoms with Crippen LogP contribution in [0.1, 0.15) is 33.6 Å². The Kier molecular flexibility index (Phi) is 3.91. The summed E-state index contributed by atoms with van der Waals surface area (Å²) >= 11 is 4.40. The Bertz CT molecular complexity index is 110. The molecule has 12 heavy (non-hydrogen) atoms. The fraction of sp³-hybridized carbons (Fsp3) is 1.00. The molecule has 3 unspecified atom stereocenters. The van der Waals surface area contributed by atoms with Gasteiger partial charge in [-0.25, -0.2) is 0 Å². The summed E-state index contributed by atoms with van der Waals surface area (Å²) in [5, 5.41) is 0.387. The van der Waals surface area contributed by atoms with Gasteiger partial charge >= 0.3 is 0 Å². The van der Waals surface area contributed by atoms with Gasteiger partial charge in [0.2, 0.25) is 0 Å². The molecule has 0 N–H and O–H groups in total. The third-order valence-electron chi connectivity index (χ3n) is 2.83. The molecule has 0 aliphatic carbocycles. The molecule has 72 valence electrons. The van der Waals surface area contributed by atoms with Gasteiger partial charge in [-0.1, -0.05) is 20.8 Å². The molecule has 1 aliphatic heterocycles. The molecular formula is C10H20OS. The molecule has 0 aromatic heterocycles. The van der Waals surface area contributed by atoms with Gasteiger partial charge in [0.15, 0.2) is 0 Å². The molecule has 3 atom stereocenters. The highest BCUT2D eigenvalue weighted by Crippen LogP contribution is 2.27. The minimum atomic E-state index is 0.387. The van der Waals surface area contributed by atoms with Crippen molar-refractivity contribution in [2.24, 2.45) is 11.8 Å². The third kappa shape index (κ3) is 2.67. The lowest BCUT2D eigenvalue weighted by atomic mass is 9.88. The standard InChI is InChI=1S/C10H20OS/c1-7(2)9-4-5-10(8(3)12)11-6-9/h7-10,12H,4-6H2,1-3H3. The zero-order valence-corrected chi connectivity index (χ0v) is 9.18. The van der Waals surface area contributed by atoms with Crippen molar-refractivity contribution in [1.29, 1.82) is 0 Å². The van der Waals surface area contributed by atoms with Crippen molar-refractivity contribution in [2.45, 2.75) is 45.0 Å². The Labute approximate surface area is 81.3 Å². The summed E-state index contributed by atoms with van der Waals surface area (Å²) in [6.45, 7) is 7.60. The second kappa shape index (κ2) is 4.52. The summed E-state index contributed by atoms with van der Waals surface area (Å²) < 4.78 is 5.74. The highest BCUT2D eigenvalue weighted by molar-refractivity contribution is 7.81. The molecule has 0 amide bonds. The molecule has 0 aromatic rings. The van der Waals surface area contributed by atoms with Crippen LogP contribution in [0.25, 0.3) is 0 Å². The molecule has 0 bridgehead atoms. The first kappa shape index (κ1) is 10.4. The quantitative estimate of drug-likeness (QED) is 0.656. The van der Waals surface area contributed by atoms with E-state index < -0.39 is 0 Å². The summed E-state index contributed by atoms with van der Waals surface area (Å²) in [5.41, 5.74) is 0. The maximum Gasteiger partial charge on any atom is 0.0688 e. The monoisotopic (exact) mass is 188 g/mol. The summed E-state index contributed by atoms with van der Waals surface area (Å²) in [6.07, 6.45) is 2.89. The smallest absolute Gasteiger partial charge is 0.0688 e. The lowest BCUT2D eigenvalue weighted by Gasteiger charge is -2.32. The van der Waals surface area contributed by atoms with Crippen LogP contribution >= 0.6 is 12.6 Å². The van der Waals surface area contributed by atoms with E-state index in [9.17, 15) is 0 Å². The molecule has 0 saturated carbocycles. The first-order valence-electron chi connectivity index (χ1n) is 4.91. The summed E-state index contributed by atoms with van der Waals surface area (Å²) in [4.78, 5) is 0. The molecular weight excluding hydrogens is 168 g/mol. The van der Waals surface area contributed by atoms with Crippen LogP contribution in [0.15, 0.2) is 0 Å². The maximum atomic E-state index is 5.74. The van der Waals surface area contributed by atoms with Crippen LogP contribution in [0.3, 0.4) is 0 Å². The second-order valence-electron chi connectivity index (χ2n) is 4.19. The fourth-order valence-electron chi connectivity index (χ4n) is 1.70. The van der Waals surface area contributed by atoms with Gasteiger partial charge < -0.3 is 4.74 Å². The van der Waals surface area contributed by atoms with Crippen LogP contribution in [0.5, 0.6) is 0 Å². The summed E-state index contributed by atoms with van der Waals surface area (Å²) in [7, 11) is 0. The van der Waals surface area contributed by atoms with Crippen molar-refractivity contribution in [3.8, 4) is 0 Å². The average molecular weight is 188 g/mol. The van der Waals surface area contributed by atoms with Crippen LogP contribution in [0.4, 0.5) is 0 Å². The molecule has 0 spiro atoms. The van der Waals surface area contributed by atoms with E-state index in [-0.39, 0.29) is 0 Å². The van der Waals surface area contributed by atoms with Crippen LogP contribution in [-0.2, 0) is 4.74 Å². The van der Waals surface area contributed by atoms with Crippen molar-refractivity contribution in [1.82, 2.24) is 0 Å². The molecule has 0 radical (unpaired) electrons. The van der Waals surface area contributed by atoms with Crippen LogP contribution < -0.4 is 0 Å². The Morgan fingerprint density at radius 1 is 1.25 bits per heavy atom. The lowest BCUT2D eigenvalue weighted by molar-refractivity contribution is -0.0258. The average Bonchev–Trinajstić information content (AvgIpc) is 2.04. The van der Waals surface area contributed by atoms with E-state index in [4.69, 9.17) is 4.74 Å². The van der Waals surface area contributed by atoms with E-state index in [1.54, 1.807) is 0 Å². The van der Waals surface area contributed by atoms with Gasteiger partial charge in [-0.2, -0.15) is 12.6 Å². The highest BCUT2D eigenvalue weighted by Gasteiger charge is 2.25. The maximum absolute atomic E-state index is 5.74. The Morgan fingerprint density at radius 3 is 2.25 bits per heavy atom. The Morgan fingerprint density at radius 2 is 1.92 bits per heavy atom.